The van der Waals surface area contributed by atoms with Gasteiger partial charge in [0.1, 0.15) is 0 Å². The van der Waals surface area contributed by atoms with Gasteiger partial charge in [-0.2, -0.15) is 0 Å². The molecule has 2 unspecified atom stereocenters. The third kappa shape index (κ3) is 3.84. The van der Waals surface area contributed by atoms with Crippen LogP contribution in [0.25, 0.3) is 0 Å². The molecule has 2 aromatic rings. The summed E-state index contributed by atoms with van der Waals surface area (Å²) < 4.78 is 22.8. The second-order valence-corrected chi connectivity index (χ2v) is 9.81. The van der Waals surface area contributed by atoms with E-state index < -0.39 is 10.0 Å². The average molecular weight is 393 g/mol. The van der Waals surface area contributed by atoms with Crippen LogP contribution >= 0.6 is 11.3 Å². The molecule has 140 valence electrons. The summed E-state index contributed by atoms with van der Waals surface area (Å²) >= 11 is 1.61. The van der Waals surface area contributed by atoms with Gasteiger partial charge in [0.2, 0.25) is 10.0 Å². The highest BCUT2D eigenvalue weighted by Crippen LogP contribution is 2.33. The number of rotatable bonds is 4. The second-order valence-electron chi connectivity index (χ2n) is 7.11. The van der Waals surface area contributed by atoms with Gasteiger partial charge in [-0.1, -0.05) is 19.1 Å². The first kappa shape index (κ1) is 19.1. The van der Waals surface area contributed by atoms with Crippen molar-refractivity contribution in [2.75, 3.05) is 7.05 Å². The maximum absolute atomic E-state index is 12.9. The summed E-state index contributed by atoms with van der Waals surface area (Å²) in [6.07, 6.45) is 3.29. The molecule has 1 aliphatic carbocycles. The molecule has 26 heavy (non-hydrogen) atoms. The third-order valence-electron chi connectivity index (χ3n) is 5.13. The van der Waals surface area contributed by atoms with Gasteiger partial charge in [-0.25, -0.2) is 13.6 Å². The Balaban J connectivity index is 1.78. The van der Waals surface area contributed by atoms with Gasteiger partial charge < -0.3 is 4.90 Å². The zero-order valence-electron chi connectivity index (χ0n) is 15.2. The smallest absolute Gasteiger partial charge is 0.264 e. The molecule has 1 heterocycles. The fourth-order valence-corrected chi connectivity index (χ4v) is 5.03. The number of aryl methyl sites for hydroxylation is 1. The highest BCUT2D eigenvalue weighted by atomic mass is 32.2. The summed E-state index contributed by atoms with van der Waals surface area (Å²) in [5.41, 5.74) is 2.18. The van der Waals surface area contributed by atoms with Crippen LogP contribution in [-0.2, 0) is 22.9 Å². The predicted molar refractivity (Wildman–Crippen MR) is 104 cm³/mol. The van der Waals surface area contributed by atoms with Crippen molar-refractivity contribution in [1.29, 1.82) is 0 Å². The summed E-state index contributed by atoms with van der Waals surface area (Å²) in [6.45, 7) is 4.18. The van der Waals surface area contributed by atoms with Crippen molar-refractivity contribution in [3.05, 3.63) is 51.2 Å². The number of benzene rings is 1. The molecular formula is C19H24N2O3S2. The van der Waals surface area contributed by atoms with Crippen molar-refractivity contribution in [3.8, 4) is 0 Å². The van der Waals surface area contributed by atoms with Gasteiger partial charge in [0, 0.05) is 11.9 Å². The molecule has 0 spiro atoms. The van der Waals surface area contributed by atoms with Crippen LogP contribution in [0.3, 0.4) is 0 Å². The lowest BCUT2D eigenvalue weighted by Gasteiger charge is -2.25. The van der Waals surface area contributed by atoms with E-state index in [1.54, 1.807) is 35.4 Å². The zero-order chi connectivity index (χ0) is 19.1. The molecule has 3 rings (SSSR count). The number of nitrogens with two attached hydrogens (primary N) is 1. The maximum atomic E-state index is 12.9. The largest absolute Gasteiger partial charge is 0.334 e. The minimum Gasteiger partial charge on any atom is -0.334 e. The Hall–Kier alpha value is -1.70. The molecule has 0 bridgehead atoms. The summed E-state index contributed by atoms with van der Waals surface area (Å²) in [5.74, 6) is 0.675. The van der Waals surface area contributed by atoms with E-state index in [1.807, 2.05) is 13.0 Å². The predicted octanol–water partition coefficient (Wildman–Crippen LogP) is 3.35. The second kappa shape index (κ2) is 7.13. The standard InChI is InChI=1S/C19H24N2O3S2/c1-12-4-9-17-15(10-12)11-18(25-17)19(22)21(3)13(2)14-5-7-16(8-6-14)26(20,23)24/h5-8,11-13H,4,9-10H2,1-3H3,(H2,20,23,24). The van der Waals surface area contributed by atoms with Crippen molar-refractivity contribution in [2.45, 2.75) is 44.0 Å². The van der Waals surface area contributed by atoms with Crippen molar-refractivity contribution in [1.82, 2.24) is 4.90 Å². The van der Waals surface area contributed by atoms with E-state index in [2.05, 4.69) is 6.92 Å². The normalized spacial score (nSPS) is 18.2. The molecule has 2 atom stereocenters. The first-order chi connectivity index (χ1) is 12.2. The molecular weight excluding hydrogens is 368 g/mol. The highest BCUT2D eigenvalue weighted by molar-refractivity contribution is 7.89. The zero-order valence-corrected chi connectivity index (χ0v) is 16.9. The monoisotopic (exact) mass is 392 g/mol. The topological polar surface area (TPSA) is 80.5 Å². The van der Waals surface area contributed by atoms with Gasteiger partial charge in [0.25, 0.3) is 5.91 Å². The maximum Gasteiger partial charge on any atom is 0.264 e. The third-order valence-corrected chi connectivity index (χ3v) is 7.29. The number of thiophene rings is 1. The summed E-state index contributed by atoms with van der Waals surface area (Å²) in [7, 11) is -1.93. The van der Waals surface area contributed by atoms with Gasteiger partial charge in [0.05, 0.1) is 15.8 Å². The van der Waals surface area contributed by atoms with E-state index in [1.165, 1.54) is 29.0 Å². The van der Waals surface area contributed by atoms with Crippen molar-refractivity contribution in [3.63, 3.8) is 0 Å². The number of amides is 1. The van der Waals surface area contributed by atoms with Gasteiger partial charge in [-0.15, -0.1) is 11.3 Å². The van der Waals surface area contributed by atoms with Gasteiger partial charge in [0.15, 0.2) is 0 Å². The van der Waals surface area contributed by atoms with E-state index in [-0.39, 0.29) is 16.8 Å². The Bertz CT molecular complexity index is 917. The van der Waals surface area contributed by atoms with E-state index in [9.17, 15) is 13.2 Å². The highest BCUT2D eigenvalue weighted by Gasteiger charge is 2.25. The molecule has 0 aliphatic heterocycles. The van der Waals surface area contributed by atoms with Crippen LogP contribution < -0.4 is 5.14 Å². The summed E-state index contributed by atoms with van der Waals surface area (Å²) in [6, 6.07) is 8.24. The lowest BCUT2D eigenvalue weighted by atomic mass is 9.90. The van der Waals surface area contributed by atoms with Crippen molar-refractivity contribution < 1.29 is 13.2 Å². The van der Waals surface area contributed by atoms with Crippen LogP contribution in [0, 0.1) is 5.92 Å². The lowest BCUT2D eigenvalue weighted by molar-refractivity contribution is 0.0747. The Morgan fingerprint density at radius 1 is 1.31 bits per heavy atom. The first-order valence-corrected chi connectivity index (χ1v) is 11.0. The van der Waals surface area contributed by atoms with Crippen LogP contribution in [0.15, 0.2) is 35.2 Å². The minimum absolute atomic E-state index is 0.0000703. The number of carbonyl (C=O) groups is 1. The molecule has 5 nitrogen and oxygen atoms in total. The molecule has 1 aromatic carbocycles. The molecule has 1 amide bonds. The summed E-state index contributed by atoms with van der Waals surface area (Å²) in [4.78, 5) is 16.8. The number of hydrogen-bond donors (Lipinski definition) is 1. The molecule has 0 saturated heterocycles. The number of carbonyl (C=O) groups excluding carboxylic acids is 1. The Labute approximate surface area is 158 Å². The van der Waals surface area contributed by atoms with Crippen molar-refractivity contribution >= 4 is 27.3 Å². The fraction of sp³-hybridized carbons (Fsp3) is 0.421. The Kier molecular flexibility index (Phi) is 5.23. The number of fused-ring (bicyclic) bond motifs is 1. The molecule has 1 aliphatic rings. The first-order valence-electron chi connectivity index (χ1n) is 8.68. The average Bonchev–Trinajstić information content (AvgIpc) is 3.02. The molecule has 0 radical (unpaired) electrons. The number of nitrogens with zero attached hydrogens (tertiary/aromatic N) is 1. The van der Waals surface area contributed by atoms with E-state index in [4.69, 9.17) is 5.14 Å². The molecule has 2 N–H and O–H groups in total. The van der Waals surface area contributed by atoms with E-state index in [0.29, 0.717) is 5.92 Å². The van der Waals surface area contributed by atoms with Crippen LogP contribution in [0.2, 0.25) is 0 Å². The SMILES string of the molecule is CC1CCc2sc(C(=O)N(C)C(C)c3ccc(S(N)(=O)=O)cc3)cc2C1. The molecule has 1 aromatic heterocycles. The van der Waals surface area contributed by atoms with E-state index >= 15 is 0 Å². The van der Waals surface area contributed by atoms with Gasteiger partial charge in [-0.3, -0.25) is 4.79 Å². The lowest BCUT2D eigenvalue weighted by Crippen LogP contribution is -2.29. The van der Waals surface area contributed by atoms with Crippen LogP contribution in [-0.4, -0.2) is 26.3 Å². The summed E-state index contributed by atoms with van der Waals surface area (Å²) in [5, 5.41) is 5.13. The van der Waals surface area contributed by atoms with Gasteiger partial charge in [-0.05, 0) is 61.4 Å². The number of hydrogen-bond acceptors (Lipinski definition) is 4. The minimum atomic E-state index is -3.71. The molecule has 0 saturated carbocycles. The van der Waals surface area contributed by atoms with Gasteiger partial charge >= 0.3 is 0 Å². The Morgan fingerprint density at radius 3 is 2.58 bits per heavy atom. The Morgan fingerprint density at radius 2 is 1.96 bits per heavy atom. The quantitative estimate of drug-likeness (QED) is 0.866. The van der Waals surface area contributed by atoms with Crippen LogP contribution in [0.1, 0.15) is 52.0 Å². The van der Waals surface area contributed by atoms with E-state index in [0.717, 1.165) is 23.3 Å². The number of primary sulfonamides is 1. The fourth-order valence-electron chi connectivity index (χ4n) is 3.32. The molecule has 0 fully saturated rings. The van der Waals surface area contributed by atoms with Crippen LogP contribution in [0.5, 0.6) is 0 Å². The van der Waals surface area contributed by atoms with Crippen molar-refractivity contribution in [2.24, 2.45) is 11.1 Å². The van der Waals surface area contributed by atoms with Crippen LogP contribution in [0.4, 0.5) is 0 Å². The molecule has 7 heteroatoms. The number of sulfonamides is 1.